The van der Waals surface area contributed by atoms with Gasteiger partial charge in [0.05, 0.1) is 6.21 Å². The third kappa shape index (κ3) is 5.14. The van der Waals surface area contributed by atoms with Crippen LogP contribution in [0.15, 0.2) is 35.5 Å². The molecule has 0 aliphatic heterocycles. The predicted octanol–water partition coefficient (Wildman–Crippen LogP) is 2.97. The van der Waals surface area contributed by atoms with E-state index in [0.29, 0.717) is 0 Å². The van der Waals surface area contributed by atoms with Gasteiger partial charge in [-0.05, 0) is 26.3 Å². The summed E-state index contributed by atoms with van der Waals surface area (Å²) in [7, 11) is 0. The van der Waals surface area contributed by atoms with Gasteiger partial charge in [0.1, 0.15) is 5.60 Å². The van der Waals surface area contributed by atoms with Crippen molar-refractivity contribution in [1.82, 2.24) is 0 Å². The van der Waals surface area contributed by atoms with E-state index in [-0.39, 0.29) is 0 Å². The van der Waals surface area contributed by atoms with Gasteiger partial charge < -0.3 is 4.74 Å². The highest BCUT2D eigenvalue weighted by Crippen LogP contribution is 2.08. The van der Waals surface area contributed by atoms with Crippen molar-refractivity contribution in [3.8, 4) is 0 Å². The number of carbonyl (C=O) groups is 1. The van der Waals surface area contributed by atoms with E-state index < -0.39 is 11.8 Å². The van der Waals surface area contributed by atoms with Gasteiger partial charge in [0.25, 0.3) is 0 Å². The Bertz CT molecular complexity index is 366. The van der Waals surface area contributed by atoms with Crippen LogP contribution in [0, 0.1) is 0 Å². The lowest BCUT2D eigenvalue weighted by Crippen LogP contribution is -2.23. The van der Waals surface area contributed by atoms with Gasteiger partial charge in [0.15, 0.2) is 0 Å². The molecular formula is C12H15NO3. The lowest BCUT2D eigenvalue weighted by atomic mass is 10.2. The van der Waals surface area contributed by atoms with Crippen LogP contribution in [0.2, 0.25) is 0 Å². The van der Waals surface area contributed by atoms with Crippen molar-refractivity contribution in [3.05, 3.63) is 35.9 Å². The van der Waals surface area contributed by atoms with E-state index in [9.17, 15) is 4.79 Å². The van der Waals surface area contributed by atoms with E-state index in [1.165, 1.54) is 6.21 Å². The average molecular weight is 221 g/mol. The van der Waals surface area contributed by atoms with E-state index in [4.69, 9.17) is 4.74 Å². The number of benzene rings is 1. The molecule has 0 spiro atoms. The quantitative estimate of drug-likeness (QED) is 0.334. The maximum atomic E-state index is 11.1. The van der Waals surface area contributed by atoms with Crippen LogP contribution in [0.3, 0.4) is 0 Å². The average Bonchev–Trinajstić information content (AvgIpc) is 2.16. The highest BCUT2D eigenvalue weighted by atomic mass is 16.8. The molecule has 4 nitrogen and oxygen atoms in total. The van der Waals surface area contributed by atoms with Gasteiger partial charge in [-0.1, -0.05) is 35.5 Å². The van der Waals surface area contributed by atoms with Gasteiger partial charge in [-0.2, -0.15) is 0 Å². The van der Waals surface area contributed by atoms with Crippen LogP contribution in [0.25, 0.3) is 0 Å². The second kappa shape index (κ2) is 5.30. The van der Waals surface area contributed by atoms with Crippen LogP contribution >= 0.6 is 0 Å². The summed E-state index contributed by atoms with van der Waals surface area (Å²) in [6, 6.07) is 9.33. The Kier molecular flexibility index (Phi) is 4.05. The summed E-state index contributed by atoms with van der Waals surface area (Å²) < 4.78 is 4.90. The molecule has 1 aromatic rings. The molecule has 0 atom stereocenters. The molecule has 0 heterocycles. The third-order valence-corrected chi connectivity index (χ3v) is 1.52. The number of hydrogen-bond donors (Lipinski definition) is 0. The number of nitrogens with zero attached hydrogens (tertiary/aromatic N) is 1. The van der Waals surface area contributed by atoms with E-state index in [1.807, 2.05) is 30.3 Å². The number of oxime groups is 1. The fourth-order valence-electron chi connectivity index (χ4n) is 0.938. The van der Waals surface area contributed by atoms with E-state index >= 15 is 0 Å². The van der Waals surface area contributed by atoms with Crippen molar-refractivity contribution in [2.45, 2.75) is 26.4 Å². The van der Waals surface area contributed by atoms with Gasteiger partial charge >= 0.3 is 6.16 Å². The highest BCUT2D eigenvalue weighted by Gasteiger charge is 2.17. The molecule has 0 N–H and O–H groups in total. The number of ether oxygens (including phenoxy) is 1. The van der Waals surface area contributed by atoms with Crippen molar-refractivity contribution >= 4 is 12.4 Å². The van der Waals surface area contributed by atoms with Gasteiger partial charge in [-0.15, -0.1) is 0 Å². The normalized spacial score (nSPS) is 11.4. The molecule has 0 aliphatic carbocycles. The number of carbonyl (C=O) groups excluding carboxylic acids is 1. The SMILES string of the molecule is CC(C)(C)OC(=O)ON=Cc1ccccc1. The maximum absolute atomic E-state index is 11.1. The largest absolute Gasteiger partial charge is 0.535 e. The third-order valence-electron chi connectivity index (χ3n) is 1.52. The van der Waals surface area contributed by atoms with Crippen LogP contribution in [-0.4, -0.2) is 18.0 Å². The first kappa shape index (κ1) is 12.2. The maximum Gasteiger partial charge on any atom is 0.535 e. The Labute approximate surface area is 94.9 Å². The highest BCUT2D eigenvalue weighted by molar-refractivity contribution is 5.79. The van der Waals surface area contributed by atoms with E-state index in [2.05, 4.69) is 9.99 Å². The van der Waals surface area contributed by atoms with Gasteiger partial charge in [0, 0.05) is 0 Å². The Balaban J connectivity index is 2.41. The Morgan fingerprint density at radius 2 is 1.88 bits per heavy atom. The van der Waals surface area contributed by atoms with Crippen molar-refractivity contribution in [2.24, 2.45) is 5.16 Å². The summed E-state index contributed by atoms with van der Waals surface area (Å²) in [5.74, 6) is 0. The zero-order valence-corrected chi connectivity index (χ0v) is 9.64. The zero-order valence-electron chi connectivity index (χ0n) is 9.64. The summed E-state index contributed by atoms with van der Waals surface area (Å²) in [5, 5.41) is 3.53. The molecule has 0 unspecified atom stereocenters. The summed E-state index contributed by atoms with van der Waals surface area (Å²) in [4.78, 5) is 15.6. The van der Waals surface area contributed by atoms with Crippen LogP contribution in [0.5, 0.6) is 0 Å². The lowest BCUT2D eigenvalue weighted by Gasteiger charge is -2.16. The molecule has 0 saturated carbocycles. The predicted molar refractivity (Wildman–Crippen MR) is 61.4 cm³/mol. The van der Waals surface area contributed by atoms with Crippen molar-refractivity contribution < 1.29 is 14.4 Å². The second-order valence-electron chi connectivity index (χ2n) is 4.20. The molecule has 1 rings (SSSR count). The molecule has 0 radical (unpaired) electrons. The van der Waals surface area contributed by atoms with Gasteiger partial charge in [-0.3, -0.25) is 4.84 Å². The molecule has 0 aliphatic rings. The second-order valence-corrected chi connectivity index (χ2v) is 4.20. The summed E-state index contributed by atoms with van der Waals surface area (Å²) in [6.07, 6.45) is 0.642. The Morgan fingerprint density at radius 1 is 1.25 bits per heavy atom. The molecule has 16 heavy (non-hydrogen) atoms. The van der Waals surface area contributed by atoms with Crippen LogP contribution < -0.4 is 0 Å². The number of rotatable bonds is 2. The fraction of sp³-hybridized carbons (Fsp3) is 0.333. The minimum atomic E-state index is -0.806. The van der Waals surface area contributed by atoms with E-state index in [0.717, 1.165) is 5.56 Å². The van der Waals surface area contributed by atoms with Gasteiger partial charge in [0.2, 0.25) is 0 Å². The van der Waals surface area contributed by atoms with Crippen molar-refractivity contribution in [2.75, 3.05) is 0 Å². The molecule has 0 saturated heterocycles. The van der Waals surface area contributed by atoms with Crippen molar-refractivity contribution in [3.63, 3.8) is 0 Å². The van der Waals surface area contributed by atoms with Crippen LogP contribution in [0.4, 0.5) is 4.79 Å². The molecule has 1 aromatic carbocycles. The molecule has 0 amide bonds. The minimum absolute atomic E-state index is 0.570. The molecule has 0 aromatic heterocycles. The molecular weight excluding hydrogens is 206 g/mol. The monoisotopic (exact) mass is 221 g/mol. The summed E-state index contributed by atoms with van der Waals surface area (Å²) in [5.41, 5.74) is 0.283. The first-order chi connectivity index (χ1) is 7.47. The minimum Gasteiger partial charge on any atom is -0.427 e. The summed E-state index contributed by atoms with van der Waals surface area (Å²) >= 11 is 0. The molecule has 0 fully saturated rings. The Morgan fingerprint density at radius 3 is 2.44 bits per heavy atom. The first-order valence-corrected chi connectivity index (χ1v) is 4.96. The topological polar surface area (TPSA) is 47.9 Å². The molecule has 0 bridgehead atoms. The van der Waals surface area contributed by atoms with E-state index in [1.54, 1.807) is 20.8 Å². The number of hydrogen-bond acceptors (Lipinski definition) is 4. The molecule has 86 valence electrons. The van der Waals surface area contributed by atoms with Crippen molar-refractivity contribution in [1.29, 1.82) is 0 Å². The zero-order chi connectivity index (χ0) is 12.0. The fourth-order valence-corrected chi connectivity index (χ4v) is 0.938. The lowest BCUT2D eigenvalue weighted by molar-refractivity contribution is -0.00590. The van der Waals surface area contributed by atoms with Crippen LogP contribution in [0.1, 0.15) is 26.3 Å². The first-order valence-electron chi connectivity index (χ1n) is 4.96. The summed E-state index contributed by atoms with van der Waals surface area (Å²) in [6.45, 7) is 5.28. The standard InChI is InChI=1S/C12H15NO3/c1-12(2,3)15-11(14)16-13-9-10-7-5-4-6-8-10/h4-9H,1-3H3. The van der Waals surface area contributed by atoms with Gasteiger partial charge in [-0.25, -0.2) is 4.79 Å². The Hall–Kier alpha value is -1.84. The van der Waals surface area contributed by atoms with Crippen LogP contribution in [-0.2, 0) is 9.57 Å². The molecule has 4 heteroatoms. The smallest absolute Gasteiger partial charge is 0.427 e.